The predicted molar refractivity (Wildman–Crippen MR) is 97.3 cm³/mol. The lowest BCUT2D eigenvalue weighted by Crippen LogP contribution is -2.12. The summed E-state index contributed by atoms with van der Waals surface area (Å²) >= 11 is 0. The van der Waals surface area contributed by atoms with Crippen LogP contribution in [0.1, 0.15) is 10.4 Å². The normalized spacial score (nSPS) is 10.2. The maximum atomic E-state index is 12.3. The standard InChI is InChI=1S/C19H15N3O4/c1-26-18-10-7-14(11-17(18)22(24)25)19(23)21-15-8-9-16(20-12-15)13-5-3-2-4-6-13/h2-12H,1H3,(H,21,23). The van der Waals surface area contributed by atoms with Gasteiger partial charge >= 0.3 is 5.69 Å². The summed E-state index contributed by atoms with van der Waals surface area (Å²) in [4.78, 5) is 27.1. The number of nitrogens with zero attached hydrogens (tertiary/aromatic N) is 2. The van der Waals surface area contributed by atoms with Gasteiger partial charge in [-0.15, -0.1) is 0 Å². The molecule has 26 heavy (non-hydrogen) atoms. The van der Waals surface area contributed by atoms with Crippen LogP contribution in [0.2, 0.25) is 0 Å². The quantitative estimate of drug-likeness (QED) is 0.556. The van der Waals surface area contributed by atoms with Gasteiger partial charge in [0.2, 0.25) is 0 Å². The summed E-state index contributed by atoms with van der Waals surface area (Å²) < 4.78 is 4.93. The van der Waals surface area contributed by atoms with Crippen LogP contribution in [0.25, 0.3) is 11.3 Å². The van der Waals surface area contributed by atoms with Crippen LogP contribution in [0.4, 0.5) is 11.4 Å². The summed E-state index contributed by atoms with van der Waals surface area (Å²) in [5.41, 5.74) is 2.13. The number of carbonyl (C=O) groups is 1. The molecule has 0 fully saturated rings. The number of anilines is 1. The molecule has 0 atom stereocenters. The number of hydrogen-bond donors (Lipinski definition) is 1. The second-order valence-electron chi connectivity index (χ2n) is 5.40. The highest BCUT2D eigenvalue weighted by atomic mass is 16.6. The van der Waals surface area contributed by atoms with Gasteiger partial charge in [0.05, 0.1) is 29.6 Å². The molecule has 130 valence electrons. The van der Waals surface area contributed by atoms with E-state index in [0.29, 0.717) is 5.69 Å². The van der Waals surface area contributed by atoms with Gasteiger partial charge in [-0.25, -0.2) is 0 Å². The summed E-state index contributed by atoms with van der Waals surface area (Å²) in [6.07, 6.45) is 1.54. The number of rotatable bonds is 5. The molecule has 0 saturated carbocycles. The van der Waals surface area contributed by atoms with Gasteiger partial charge in [-0.3, -0.25) is 19.9 Å². The first-order valence-corrected chi connectivity index (χ1v) is 7.74. The Balaban J connectivity index is 1.78. The Bertz CT molecular complexity index is 941. The molecule has 3 rings (SSSR count). The smallest absolute Gasteiger partial charge is 0.311 e. The molecule has 0 bridgehead atoms. The van der Waals surface area contributed by atoms with Crippen molar-refractivity contribution in [1.29, 1.82) is 0 Å². The second kappa shape index (κ2) is 7.43. The first-order chi connectivity index (χ1) is 12.6. The first kappa shape index (κ1) is 17.1. The lowest BCUT2D eigenvalue weighted by atomic mass is 10.1. The molecule has 3 aromatic rings. The number of hydrogen-bond acceptors (Lipinski definition) is 5. The van der Waals surface area contributed by atoms with Crippen LogP contribution in [0, 0.1) is 10.1 Å². The fourth-order valence-electron chi connectivity index (χ4n) is 2.42. The average Bonchev–Trinajstić information content (AvgIpc) is 2.68. The molecule has 1 N–H and O–H groups in total. The van der Waals surface area contributed by atoms with E-state index in [1.165, 1.54) is 31.5 Å². The molecule has 0 unspecified atom stereocenters. The largest absolute Gasteiger partial charge is 0.490 e. The van der Waals surface area contributed by atoms with Crippen LogP contribution in [-0.4, -0.2) is 22.9 Å². The molecular weight excluding hydrogens is 334 g/mol. The minimum atomic E-state index is -0.591. The summed E-state index contributed by atoms with van der Waals surface area (Å²) in [5, 5.41) is 13.7. The molecule has 1 heterocycles. The van der Waals surface area contributed by atoms with Crippen LogP contribution in [0.5, 0.6) is 5.75 Å². The fourth-order valence-corrected chi connectivity index (χ4v) is 2.42. The molecule has 1 amide bonds. The minimum absolute atomic E-state index is 0.0976. The van der Waals surface area contributed by atoms with Gasteiger partial charge in [0, 0.05) is 17.2 Å². The third-order valence-electron chi connectivity index (χ3n) is 3.73. The Morgan fingerprint density at radius 1 is 1.12 bits per heavy atom. The molecule has 0 saturated heterocycles. The van der Waals surface area contributed by atoms with Crippen LogP contribution >= 0.6 is 0 Å². The second-order valence-corrected chi connectivity index (χ2v) is 5.40. The molecule has 7 nitrogen and oxygen atoms in total. The number of pyridine rings is 1. The Kier molecular flexibility index (Phi) is 4.89. The van der Waals surface area contributed by atoms with E-state index >= 15 is 0 Å². The van der Waals surface area contributed by atoms with Crippen molar-refractivity contribution in [3.05, 3.63) is 82.5 Å². The summed E-state index contributed by atoms with van der Waals surface area (Å²) in [5.74, 6) is -0.370. The van der Waals surface area contributed by atoms with Crippen molar-refractivity contribution < 1.29 is 14.5 Å². The van der Waals surface area contributed by atoms with Gasteiger partial charge in [0.15, 0.2) is 5.75 Å². The van der Waals surface area contributed by atoms with E-state index in [9.17, 15) is 14.9 Å². The van der Waals surface area contributed by atoms with Crippen molar-refractivity contribution in [2.45, 2.75) is 0 Å². The lowest BCUT2D eigenvalue weighted by Gasteiger charge is -2.07. The van der Waals surface area contributed by atoms with Crippen molar-refractivity contribution in [2.75, 3.05) is 12.4 Å². The SMILES string of the molecule is COc1ccc(C(=O)Nc2ccc(-c3ccccc3)nc2)cc1[N+](=O)[O-]. The zero-order valence-corrected chi connectivity index (χ0v) is 13.9. The molecule has 0 aliphatic rings. The minimum Gasteiger partial charge on any atom is -0.490 e. The van der Waals surface area contributed by atoms with Crippen LogP contribution < -0.4 is 10.1 Å². The molecule has 7 heteroatoms. The zero-order chi connectivity index (χ0) is 18.5. The molecule has 2 aromatic carbocycles. The van der Waals surface area contributed by atoms with Crippen LogP contribution in [0.15, 0.2) is 66.9 Å². The number of aromatic nitrogens is 1. The van der Waals surface area contributed by atoms with Gasteiger partial charge in [0.1, 0.15) is 0 Å². The van der Waals surface area contributed by atoms with Gasteiger partial charge in [0.25, 0.3) is 5.91 Å². The Labute approximate surface area is 149 Å². The van der Waals surface area contributed by atoms with Crippen LogP contribution in [0.3, 0.4) is 0 Å². The lowest BCUT2D eigenvalue weighted by molar-refractivity contribution is -0.385. The summed E-state index contributed by atoms with van der Waals surface area (Å²) in [6.45, 7) is 0. The van der Waals surface area contributed by atoms with Crippen LogP contribution in [-0.2, 0) is 0 Å². The van der Waals surface area contributed by atoms with Crippen molar-refractivity contribution in [1.82, 2.24) is 4.98 Å². The number of amides is 1. The maximum Gasteiger partial charge on any atom is 0.311 e. The molecule has 0 aliphatic carbocycles. The third-order valence-corrected chi connectivity index (χ3v) is 3.73. The van der Waals surface area contributed by atoms with Gasteiger partial charge in [-0.05, 0) is 24.3 Å². The summed E-state index contributed by atoms with van der Waals surface area (Å²) in [7, 11) is 1.34. The predicted octanol–water partition coefficient (Wildman–Crippen LogP) is 3.92. The van der Waals surface area contributed by atoms with Crippen molar-refractivity contribution >= 4 is 17.3 Å². The average molecular weight is 349 g/mol. The summed E-state index contributed by atoms with van der Waals surface area (Å²) in [6, 6.07) is 17.2. The van der Waals surface area contributed by atoms with E-state index in [1.54, 1.807) is 12.1 Å². The number of methoxy groups -OCH3 is 1. The first-order valence-electron chi connectivity index (χ1n) is 7.74. The molecule has 0 aliphatic heterocycles. The monoisotopic (exact) mass is 349 g/mol. The molecule has 1 aromatic heterocycles. The van der Waals surface area contributed by atoms with E-state index in [-0.39, 0.29) is 17.0 Å². The van der Waals surface area contributed by atoms with E-state index < -0.39 is 10.8 Å². The number of nitro benzene ring substituents is 1. The molecular formula is C19H15N3O4. The van der Waals surface area contributed by atoms with E-state index in [2.05, 4.69) is 10.3 Å². The molecule has 0 spiro atoms. The topological polar surface area (TPSA) is 94.4 Å². The van der Waals surface area contributed by atoms with E-state index in [4.69, 9.17) is 4.74 Å². The number of carbonyl (C=O) groups excluding carboxylic acids is 1. The van der Waals surface area contributed by atoms with Gasteiger partial charge in [-0.1, -0.05) is 30.3 Å². The Morgan fingerprint density at radius 2 is 1.88 bits per heavy atom. The van der Waals surface area contributed by atoms with Crippen molar-refractivity contribution in [3.8, 4) is 17.0 Å². The van der Waals surface area contributed by atoms with Crippen molar-refractivity contribution in [3.63, 3.8) is 0 Å². The van der Waals surface area contributed by atoms with Crippen molar-refractivity contribution in [2.24, 2.45) is 0 Å². The highest BCUT2D eigenvalue weighted by Gasteiger charge is 2.18. The number of nitro groups is 1. The van der Waals surface area contributed by atoms with E-state index in [1.807, 2.05) is 30.3 Å². The zero-order valence-electron chi connectivity index (χ0n) is 13.9. The van der Waals surface area contributed by atoms with Gasteiger partial charge in [-0.2, -0.15) is 0 Å². The number of benzene rings is 2. The fraction of sp³-hybridized carbons (Fsp3) is 0.0526. The Hall–Kier alpha value is -3.74. The van der Waals surface area contributed by atoms with Gasteiger partial charge < -0.3 is 10.1 Å². The third kappa shape index (κ3) is 3.67. The highest BCUT2D eigenvalue weighted by molar-refractivity contribution is 6.04. The maximum absolute atomic E-state index is 12.3. The number of ether oxygens (including phenoxy) is 1. The molecule has 0 radical (unpaired) electrons. The highest BCUT2D eigenvalue weighted by Crippen LogP contribution is 2.28. The Morgan fingerprint density at radius 3 is 2.50 bits per heavy atom. The number of nitrogens with one attached hydrogen (secondary N) is 1. The van der Waals surface area contributed by atoms with E-state index in [0.717, 1.165) is 11.3 Å².